The Hall–Kier alpha value is -2.94. The molecule has 1 fully saturated rings. The third kappa shape index (κ3) is 3.87. The molecule has 1 aliphatic rings. The maximum Gasteiger partial charge on any atom is 0.269 e. The van der Waals surface area contributed by atoms with Gasteiger partial charge in [-0.05, 0) is 25.0 Å². The number of anilines is 3. The minimum absolute atomic E-state index is 0.169. The Morgan fingerprint density at radius 2 is 2.08 bits per heavy atom. The fraction of sp³-hybridized carbons (Fsp3) is 0.333. The molecule has 0 aliphatic carbocycles. The van der Waals surface area contributed by atoms with Crippen molar-refractivity contribution in [3.63, 3.8) is 0 Å². The van der Waals surface area contributed by atoms with Crippen molar-refractivity contribution in [3.05, 3.63) is 36.4 Å². The van der Waals surface area contributed by atoms with Crippen molar-refractivity contribution in [2.75, 3.05) is 29.6 Å². The highest BCUT2D eigenvalue weighted by atomic mass is 16.5. The van der Waals surface area contributed by atoms with Gasteiger partial charge in [0.2, 0.25) is 0 Å². The summed E-state index contributed by atoms with van der Waals surface area (Å²) < 4.78 is 5.55. The molecule has 2 aromatic rings. The van der Waals surface area contributed by atoms with Crippen molar-refractivity contribution in [2.24, 2.45) is 0 Å². The summed E-state index contributed by atoms with van der Waals surface area (Å²) >= 11 is 0. The van der Waals surface area contributed by atoms with Crippen LogP contribution in [0.2, 0.25) is 0 Å². The van der Waals surface area contributed by atoms with Gasteiger partial charge in [-0.25, -0.2) is 9.97 Å². The lowest BCUT2D eigenvalue weighted by atomic mass is 10.2. The SMILES string of the molecule is Nc1c(NCC2CCCO2)ncnc1NNC(=O)c1ccncc1. The maximum absolute atomic E-state index is 12.0. The second-order valence-corrected chi connectivity index (χ2v) is 5.32. The fourth-order valence-corrected chi connectivity index (χ4v) is 2.34. The molecule has 1 aliphatic heterocycles. The Labute approximate surface area is 139 Å². The van der Waals surface area contributed by atoms with Crippen LogP contribution in [0, 0.1) is 0 Å². The van der Waals surface area contributed by atoms with Gasteiger partial charge in [0.25, 0.3) is 5.91 Å². The molecule has 1 atom stereocenters. The van der Waals surface area contributed by atoms with Gasteiger partial charge in [-0.1, -0.05) is 0 Å². The summed E-state index contributed by atoms with van der Waals surface area (Å²) in [4.78, 5) is 24.0. The number of hydrogen-bond acceptors (Lipinski definition) is 8. The second kappa shape index (κ2) is 7.55. The smallest absolute Gasteiger partial charge is 0.269 e. The summed E-state index contributed by atoms with van der Waals surface area (Å²) in [6, 6.07) is 3.21. The monoisotopic (exact) mass is 329 g/mol. The summed E-state index contributed by atoms with van der Waals surface area (Å²) in [5.41, 5.74) is 12.1. The van der Waals surface area contributed by atoms with E-state index in [0.717, 1.165) is 19.4 Å². The number of nitrogen functional groups attached to an aromatic ring is 1. The van der Waals surface area contributed by atoms with Crippen molar-refractivity contribution >= 4 is 23.2 Å². The molecule has 0 aromatic carbocycles. The van der Waals surface area contributed by atoms with E-state index < -0.39 is 0 Å². The number of carbonyl (C=O) groups excluding carboxylic acids is 1. The summed E-state index contributed by atoms with van der Waals surface area (Å²) in [5, 5.41) is 3.15. The molecule has 1 saturated heterocycles. The number of nitrogens with zero attached hydrogens (tertiary/aromatic N) is 3. The highest BCUT2D eigenvalue weighted by Crippen LogP contribution is 2.22. The van der Waals surface area contributed by atoms with E-state index in [2.05, 4.69) is 31.1 Å². The molecule has 3 rings (SSSR count). The van der Waals surface area contributed by atoms with E-state index in [1.807, 2.05) is 0 Å². The van der Waals surface area contributed by atoms with Gasteiger partial charge in [0.05, 0.1) is 6.10 Å². The zero-order chi connectivity index (χ0) is 16.8. The van der Waals surface area contributed by atoms with Gasteiger partial charge < -0.3 is 15.8 Å². The third-order valence-corrected chi connectivity index (χ3v) is 3.64. The topological polar surface area (TPSA) is 127 Å². The van der Waals surface area contributed by atoms with Crippen LogP contribution in [0.25, 0.3) is 0 Å². The quantitative estimate of drug-likeness (QED) is 0.573. The van der Waals surface area contributed by atoms with Crippen molar-refractivity contribution < 1.29 is 9.53 Å². The summed E-state index contributed by atoms with van der Waals surface area (Å²) in [5.74, 6) is 0.507. The Morgan fingerprint density at radius 1 is 1.29 bits per heavy atom. The molecule has 9 heteroatoms. The lowest BCUT2D eigenvalue weighted by Crippen LogP contribution is -2.30. The number of amides is 1. The van der Waals surface area contributed by atoms with Gasteiger partial charge in [0, 0.05) is 31.1 Å². The van der Waals surface area contributed by atoms with Gasteiger partial charge in [-0.15, -0.1) is 0 Å². The Morgan fingerprint density at radius 3 is 2.83 bits per heavy atom. The number of pyridine rings is 1. The number of aromatic nitrogens is 3. The highest BCUT2D eigenvalue weighted by Gasteiger charge is 2.16. The molecule has 3 heterocycles. The first kappa shape index (κ1) is 15.9. The minimum Gasteiger partial charge on any atom is -0.393 e. The molecule has 0 radical (unpaired) electrons. The number of hydrogen-bond donors (Lipinski definition) is 4. The molecule has 0 spiro atoms. The summed E-state index contributed by atoms with van der Waals surface area (Å²) in [6.07, 6.45) is 6.71. The first-order valence-corrected chi connectivity index (χ1v) is 7.66. The highest BCUT2D eigenvalue weighted by molar-refractivity contribution is 5.95. The minimum atomic E-state index is -0.315. The lowest BCUT2D eigenvalue weighted by Gasteiger charge is -2.15. The molecule has 126 valence electrons. The van der Waals surface area contributed by atoms with Crippen LogP contribution in [-0.4, -0.2) is 40.1 Å². The number of nitrogens with two attached hydrogens (primary N) is 1. The zero-order valence-electron chi connectivity index (χ0n) is 13.0. The van der Waals surface area contributed by atoms with Crippen molar-refractivity contribution in [1.82, 2.24) is 20.4 Å². The number of carbonyl (C=O) groups is 1. The first-order chi connectivity index (χ1) is 11.7. The summed E-state index contributed by atoms with van der Waals surface area (Å²) in [7, 11) is 0. The van der Waals surface area contributed by atoms with Gasteiger partial charge in [0.1, 0.15) is 12.0 Å². The molecule has 0 saturated carbocycles. The Bertz CT molecular complexity index is 689. The predicted molar refractivity (Wildman–Crippen MR) is 89.2 cm³/mol. The van der Waals surface area contributed by atoms with E-state index in [-0.39, 0.29) is 12.0 Å². The van der Waals surface area contributed by atoms with Crippen LogP contribution in [-0.2, 0) is 4.74 Å². The van der Waals surface area contributed by atoms with E-state index in [1.165, 1.54) is 6.33 Å². The standard InChI is InChI=1S/C15H19N7O2/c16-12-13(18-8-11-2-1-7-24-11)19-9-20-14(12)21-22-15(23)10-3-5-17-6-4-10/h3-6,9,11H,1-2,7-8,16H2,(H,22,23)(H2,18,19,20,21). The van der Waals surface area contributed by atoms with E-state index in [0.29, 0.717) is 29.4 Å². The maximum atomic E-state index is 12.0. The zero-order valence-corrected chi connectivity index (χ0v) is 13.0. The van der Waals surface area contributed by atoms with Crippen molar-refractivity contribution in [2.45, 2.75) is 18.9 Å². The first-order valence-electron chi connectivity index (χ1n) is 7.66. The molecule has 9 nitrogen and oxygen atoms in total. The molecule has 24 heavy (non-hydrogen) atoms. The van der Waals surface area contributed by atoms with Gasteiger partial charge in [-0.3, -0.25) is 20.6 Å². The van der Waals surface area contributed by atoms with E-state index >= 15 is 0 Å². The molecule has 0 bridgehead atoms. The number of nitrogens with one attached hydrogen (secondary N) is 3. The molecular formula is C15H19N7O2. The molecule has 2 aromatic heterocycles. The third-order valence-electron chi connectivity index (χ3n) is 3.64. The van der Waals surface area contributed by atoms with Gasteiger partial charge >= 0.3 is 0 Å². The van der Waals surface area contributed by atoms with Crippen LogP contribution < -0.4 is 21.9 Å². The average molecular weight is 329 g/mol. The van der Waals surface area contributed by atoms with Crippen LogP contribution in [0.1, 0.15) is 23.2 Å². The van der Waals surface area contributed by atoms with Crippen LogP contribution >= 0.6 is 0 Å². The largest absolute Gasteiger partial charge is 0.393 e. The van der Waals surface area contributed by atoms with Crippen LogP contribution in [0.4, 0.5) is 17.3 Å². The van der Waals surface area contributed by atoms with Gasteiger partial charge in [0.15, 0.2) is 11.6 Å². The van der Waals surface area contributed by atoms with E-state index in [9.17, 15) is 4.79 Å². The molecule has 1 unspecified atom stereocenters. The van der Waals surface area contributed by atoms with Crippen molar-refractivity contribution in [3.8, 4) is 0 Å². The second-order valence-electron chi connectivity index (χ2n) is 5.32. The predicted octanol–water partition coefficient (Wildman–Crippen LogP) is 0.802. The molecular weight excluding hydrogens is 310 g/mol. The number of ether oxygens (including phenoxy) is 1. The number of hydrazine groups is 1. The lowest BCUT2D eigenvalue weighted by molar-refractivity contribution is 0.0962. The number of rotatable bonds is 6. The Balaban J connectivity index is 1.59. The fourth-order valence-electron chi connectivity index (χ4n) is 2.34. The van der Waals surface area contributed by atoms with E-state index in [1.54, 1.807) is 24.5 Å². The van der Waals surface area contributed by atoms with Crippen LogP contribution in [0.3, 0.4) is 0 Å². The van der Waals surface area contributed by atoms with Crippen LogP contribution in [0.5, 0.6) is 0 Å². The van der Waals surface area contributed by atoms with Crippen LogP contribution in [0.15, 0.2) is 30.9 Å². The molecule has 1 amide bonds. The molecule has 5 N–H and O–H groups in total. The van der Waals surface area contributed by atoms with E-state index in [4.69, 9.17) is 10.5 Å². The normalized spacial score (nSPS) is 16.6. The summed E-state index contributed by atoms with van der Waals surface area (Å²) in [6.45, 7) is 1.42. The Kier molecular flexibility index (Phi) is 5.02. The average Bonchev–Trinajstić information content (AvgIpc) is 3.14. The van der Waals surface area contributed by atoms with Gasteiger partial charge in [-0.2, -0.15) is 0 Å². The van der Waals surface area contributed by atoms with Crippen molar-refractivity contribution in [1.29, 1.82) is 0 Å².